The van der Waals surface area contributed by atoms with E-state index in [0.29, 0.717) is 31.7 Å². The van der Waals surface area contributed by atoms with Crippen LogP contribution in [0.5, 0.6) is 0 Å². The summed E-state index contributed by atoms with van der Waals surface area (Å²) in [5, 5.41) is 5.78. The SMILES string of the molecule is Cl.O=C(Nc1ccc2c(c1F)CCNC2)C1COCCO1. The molecule has 0 bridgehead atoms. The predicted molar refractivity (Wildman–Crippen MR) is 78.2 cm³/mol. The molecule has 2 aliphatic heterocycles. The topological polar surface area (TPSA) is 59.6 Å². The summed E-state index contributed by atoms with van der Waals surface area (Å²) < 4.78 is 24.8. The first-order chi connectivity index (χ1) is 9.75. The second kappa shape index (κ2) is 7.17. The van der Waals surface area contributed by atoms with E-state index < -0.39 is 6.10 Å². The monoisotopic (exact) mass is 316 g/mol. The third-order valence-electron chi connectivity index (χ3n) is 3.57. The molecule has 0 saturated carbocycles. The number of halogens is 2. The Morgan fingerprint density at radius 2 is 2.24 bits per heavy atom. The number of rotatable bonds is 2. The van der Waals surface area contributed by atoms with Gasteiger partial charge in [-0.15, -0.1) is 12.4 Å². The Morgan fingerprint density at radius 3 is 3.00 bits per heavy atom. The van der Waals surface area contributed by atoms with Crippen LogP contribution in [-0.4, -0.2) is 38.4 Å². The minimum Gasteiger partial charge on any atom is -0.376 e. The van der Waals surface area contributed by atoms with E-state index in [4.69, 9.17) is 9.47 Å². The van der Waals surface area contributed by atoms with Crippen molar-refractivity contribution < 1.29 is 18.7 Å². The van der Waals surface area contributed by atoms with Gasteiger partial charge in [0.25, 0.3) is 5.91 Å². The molecule has 1 saturated heterocycles. The molecule has 3 rings (SSSR count). The highest BCUT2D eigenvalue weighted by atomic mass is 35.5. The van der Waals surface area contributed by atoms with Crippen LogP contribution in [0.15, 0.2) is 12.1 Å². The molecular formula is C14H18ClFN2O3. The second-order valence-corrected chi connectivity index (χ2v) is 4.92. The molecule has 2 heterocycles. The standard InChI is InChI=1S/C14H17FN2O3.ClH/c15-13-10-3-4-16-7-9(10)1-2-11(13)17-14(18)12-8-19-5-6-20-12;/h1-2,12,16H,3-8H2,(H,17,18);1H. The van der Waals surface area contributed by atoms with Gasteiger partial charge in [-0.25, -0.2) is 4.39 Å². The van der Waals surface area contributed by atoms with Gasteiger partial charge in [-0.3, -0.25) is 4.79 Å². The zero-order valence-corrected chi connectivity index (χ0v) is 12.3. The highest BCUT2D eigenvalue weighted by molar-refractivity contribution is 5.94. The van der Waals surface area contributed by atoms with Crippen molar-refractivity contribution in [2.24, 2.45) is 0 Å². The van der Waals surface area contributed by atoms with Crippen LogP contribution in [0.4, 0.5) is 10.1 Å². The number of anilines is 1. The Bertz CT molecular complexity index is 521. The van der Waals surface area contributed by atoms with Crippen LogP contribution in [0, 0.1) is 5.82 Å². The van der Waals surface area contributed by atoms with E-state index in [2.05, 4.69) is 10.6 Å². The number of nitrogens with one attached hydrogen (secondary N) is 2. The van der Waals surface area contributed by atoms with Gasteiger partial charge in [0.05, 0.1) is 25.5 Å². The first-order valence-corrected chi connectivity index (χ1v) is 6.77. The molecule has 2 aliphatic rings. The van der Waals surface area contributed by atoms with Gasteiger partial charge < -0.3 is 20.1 Å². The van der Waals surface area contributed by atoms with E-state index in [-0.39, 0.29) is 36.4 Å². The molecular weight excluding hydrogens is 299 g/mol. The van der Waals surface area contributed by atoms with Crippen LogP contribution in [0.1, 0.15) is 11.1 Å². The van der Waals surface area contributed by atoms with Gasteiger partial charge in [0.2, 0.25) is 0 Å². The van der Waals surface area contributed by atoms with Crippen LogP contribution in [0.25, 0.3) is 0 Å². The van der Waals surface area contributed by atoms with E-state index in [9.17, 15) is 9.18 Å². The van der Waals surface area contributed by atoms with Crippen LogP contribution in [-0.2, 0) is 27.2 Å². The third kappa shape index (κ3) is 3.52. The minimum absolute atomic E-state index is 0. The molecule has 0 spiro atoms. The van der Waals surface area contributed by atoms with Crippen molar-refractivity contribution in [1.82, 2.24) is 5.32 Å². The summed E-state index contributed by atoms with van der Waals surface area (Å²) in [5.74, 6) is -0.702. The smallest absolute Gasteiger partial charge is 0.255 e. The molecule has 1 amide bonds. The van der Waals surface area contributed by atoms with E-state index in [1.807, 2.05) is 6.07 Å². The number of fused-ring (bicyclic) bond motifs is 1. The van der Waals surface area contributed by atoms with Crippen LogP contribution >= 0.6 is 12.4 Å². The molecule has 1 atom stereocenters. The summed E-state index contributed by atoms with van der Waals surface area (Å²) in [4.78, 5) is 12.0. The highest BCUT2D eigenvalue weighted by Gasteiger charge is 2.24. The number of carbonyl (C=O) groups is 1. The summed E-state index contributed by atoms with van der Waals surface area (Å²) in [5.41, 5.74) is 1.84. The number of carbonyl (C=O) groups excluding carboxylic acids is 1. The lowest BCUT2D eigenvalue weighted by Crippen LogP contribution is -2.39. The molecule has 0 aromatic heterocycles. The van der Waals surface area contributed by atoms with Gasteiger partial charge in [0, 0.05) is 6.54 Å². The molecule has 21 heavy (non-hydrogen) atoms. The van der Waals surface area contributed by atoms with Gasteiger partial charge in [-0.1, -0.05) is 6.07 Å². The molecule has 1 aromatic carbocycles. The van der Waals surface area contributed by atoms with E-state index in [1.165, 1.54) is 0 Å². The van der Waals surface area contributed by atoms with E-state index in [0.717, 1.165) is 12.1 Å². The molecule has 0 aliphatic carbocycles. The Balaban J connectivity index is 0.00000161. The number of ether oxygens (including phenoxy) is 2. The lowest BCUT2D eigenvalue weighted by molar-refractivity contribution is -0.142. The molecule has 0 radical (unpaired) electrons. The largest absolute Gasteiger partial charge is 0.376 e. The third-order valence-corrected chi connectivity index (χ3v) is 3.57. The first-order valence-electron chi connectivity index (χ1n) is 6.77. The molecule has 7 heteroatoms. The van der Waals surface area contributed by atoms with Crippen molar-refractivity contribution in [1.29, 1.82) is 0 Å². The molecule has 1 unspecified atom stereocenters. The summed E-state index contributed by atoms with van der Waals surface area (Å²) >= 11 is 0. The molecule has 1 aromatic rings. The van der Waals surface area contributed by atoms with Crippen LogP contribution < -0.4 is 10.6 Å². The fourth-order valence-electron chi connectivity index (χ4n) is 2.48. The van der Waals surface area contributed by atoms with E-state index >= 15 is 0 Å². The lowest BCUT2D eigenvalue weighted by Gasteiger charge is -2.23. The van der Waals surface area contributed by atoms with Crippen molar-refractivity contribution in [3.05, 3.63) is 29.1 Å². The molecule has 116 valence electrons. The lowest BCUT2D eigenvalue weighted by atomic mass is 9.99. The maximum Gasteiger partial charge on any atom is 0.255 e. The van der Waals surface area contributed by atoms with Gasteiger partial charge in [0.1, 0.15) is 5.82 Å². The normalized spacial score (nSPS) is 21.1. The summed E-state index contributed by atoms with van der Waals surface area (Å²) in [6.07, 6.45) is -0.0330. The average Bonchev–Trinajstić information content (AvgIpc) is 2.51. The summed E-state index contributed by atoms with van der Waals surface area (Å²) in [6.45, 7) is 2.50. The maximum atomic E-state index is 14.4. The second-order valence-electron chi connectivity index (χ2n) is 4.92. The molecule has 5 nitrogen and oxygen atoms in total. The first kappa shape index (κ1) is 16.2. The van der Waals surface area contributed by atoms with Crippen molar-refractivity contribution in [2.75, 3.05) is 31.7 Å². The van der Waals surface area contributed by atoms with Gasteiger partial charge in [-0.2, -0.15) is 0 Å². The maximum absolute atomic E-state index is 14.4. The Labute approximate surface area is 128 Å². The Hall–Kier alpha value is -1.21. The summed E-state index contributed by atoms with van der Waals surface area (Å²) in [7, 11) is 0. The van der Waals surface area contributed by atoms with E-state index in [1.54, 1.807) is 6.07 Å². The van der Waals surface area contributed by atoms with Crippen molar-refractivity contribution in [2.45, 2.75) is 19.1 Å². The predicted octanol–water partition coefficient (Wildman–Crippen LogP) is 1.25. The average molecular weight is 317 g/mol. The van der Waals surface area contributed by atoms with Crippen molar-refractivity contribution >= 4 is 24.0 Å². The number of benzene rings is 1. The zero-order valence-electron chi connectivity index (χ0n) is 11.5. The van der Waals surface area contributed by atoms with Crippen molar-refractivity contribution in [3.8, 4) is 0 Å². The number of hydrogen-bond donors (Lipinski definition) is 2. The minimum atomic E-state index is -0.666. The zero-order chi connectivity index (χ0) is 13.9. The Kier molecular flexibility index (Phi) is 5.52. The van der Waals surface area contributed by atoms with Gasteiger partial charge in [0.15, 0.2) is 6.10 Å². The van der Waals surface area contributed by atoms with Gasteiger partial charge in [-0.05, 0) is 30.2 Å². The highest BCUT2D eigenvalue weighted by Crippen LogP contribution is 2.24. The van der Waals surface area contributed by atoms with Crippen LogP contribution in [0.2, 0.25) is 0 Å². The Morgan fingerprint density at radius 1 is 1.38 bits per heavy atom. The molecule has 1 fully saturated rings. The molecule has 2 N–H and O–H groups in total. The quantitative estimate of drug-likeness (QED) is 0.862. The van der Waals surface area contributed by atoms with Gasteiger partial charge >= 0.3 is 0 Å². The number of hydrogen-bond acceptors (Lipinski definition) is 4. The number of amides is 1. The fourth-order valence-corrected chi connectivity index (χ4v) is 2.48. The summed E-state index contributed by atoms with van der Waals surface area (Å²) in [6, 6.07) is 3.45. The van der Waals surface area contributed by atoms with Crippen LogP contribution in [0.3, 0.4) is 0 Å². The van der Waals surface area contributed by atoms with Crippen molar-refractivity contribution in [3.63, 3.8) is 0 Å². The fraction of sp³-hybridized carbons (Fsp3) is 0.500.